The van der Waals surface area contributed by atoms with Crippen molar-refractivity contribution >= 4 is 40.9 Å². The number of halogens is 2. The fourth-order valence-electron chi connectivity index (χ4n) is 1.66. The zero-order valence-corrected chi connectivity index (χ0v) is 11.4. The first kappa shape index (κ1) is 13.0. The van der Waals surface area contributed by atoms with Crippen LogP contribution < -0.4 is 5.32 Å². The maximum Gasteiger partial charge on any atom is 0.252 e. The van der Waals surface area contributed by atoms with Gasteiger partial charge in [-0.15, -0.1) is 0 Å². The lowest BCUT2D eigenvalue weighted by atomic mass is 10.1. The van der Waals surface area contributed by atoms with Gasteiger partial charge in [0, 0.05) is 12.7 Å². The Morgan fingerprint density at radius 2 is 2.41 bits per heavy atom. The van der Waals surface area contributed by atoms with Crippen molar-refractivity contribution in [2.24, 2.45) is 5.92 Å². The molecule has 1 unspecified atom stereocenters. The minimum Gasteiger partial charge on any atom is -0.352 e. The number of carbonyl (C=O) groups is 1. The van der Waals surface area contributed by atoms with E-state index in [1.165, 1.54) is 18.0 Å². The summed E-state index contributed by atoms with van der Waals surface area (Å²) < 4.78 is 0. The summed E-state index contributed by atoms with van der Waals surface area (Å²) >= 11 is 13.6. The lowest BCUT2D eigenvalue weighted by Gasteiger charge is -2.10. The molecule has 1 aromatic rings. The van der Waals surface area contributed by atoms with Crippen LogP contribution in [0.5, 0.6) is 0 Å². The molecule has 1 aromatic heterocycles. The van der Waals surface area contributed by atoms with Gasteiger partial charge in [0.25, 0.3) is 5.91 Å². The van der Waals surface area contributed by atoms with Gasteiger partial charge in [-0.2, -0.15) is 11.8 Å². The number of hydrogen-bond donors (Lipinski definition) is 1. The summed E-state index contributed by atoms with van der Waals surface area (Å²) in [6, 6.07) is 1.49. The number of carbonyl (C=O) groups excluding carboxylic acids is 1. The second-order valence-electron chi connectivity index (χ2n) is 3.93. The molecule has 1 saturated heterocycles. The third-order valence-electron chi connectivity index (χ3n) is 2.64. The molecule has 6 heteroatoms. The molecule has 1 aliphatic rings. The number of pyridine rings is 1. The van der Waals surface area contributed by atoms with E-state index in [1.807, 2.05) is 11.8 Å². The topological polar surface area (TPSA) is 42.0 Å². The van der Waals surface area contributed by atoms with Crippen molar-refractivity contribution in [3.05, 3.63) is 28.0 Å². The predicted molar refractivity (Wildman–Crippen MR) is 72.0 cm³/mol. The summed E-state index contributed by atoms with van der Waals surface area (Å²) in [5.74, 6) is 2.68. The second kappa shape index (κ2) is 5.94. The molecule has 1 amide bonds. The molecule has 0 radical (unpaired) electrons. The van der Waals surface area contributed by atoms with E-state index in [4.69, 9.17) is 23.2 Å². The van der Waals surface area contributed by atoms with E-state index in [1.54, 1.807) is 0 Å². The first-order valence-corrected chi connectivity index (χ1v) is 7.25. The zero-order valence-electron chi connectivity index (χ0n) is 9.08. The van der Waals surface area contributed by atoms with E-state index in [0.717, 1.165) is 12.2 Å². The van der Waals surface area contributed by atoms with Crippen LogP contribution in [0.3, 0.4) is 0 Å². The van der Waals surface area contributed by atoms with Gasteiger partial charge in [-0.1, -0.05) is 23.2 Å². The van der Waals surface area contributed by atoms with E-state index >= 15 is 0 Å². The van der Waals surface area contributed by atoms with Crippen molar-refractivity contribution in [2.45, 2.75) is 6.42 Å². The van der Waals surface area contributed by atoms with Crippen LogP contribution >= 0.6 is 35.0 Å². The Balaban J connectivity index is 1.96. The van der Waals surface area contributed by atoms with Gasteiger partial charge in [0.15, 0.2) is 0 Å². The molecule has 1 atom stereocenters. The third kappa shape index (κ3) is 3.50. The monoisotopic (exact) mass is 290 g/mol. The van der Waals surface area contributed by atoms with Gasteiger partial charge in [0.2, 0.25) is 0 Å². The Labute approximate surface area is 114 Å². The molecule has 0 aliphatic carbocycles. The molecule has 0 spiro atoms. The normalized spacial score (nSPS) is 19.3. The molecular weight excluding hydrogens is 279 g/mol. The van der Waals surface area contributed by atoms with Gasteiger partial charge in [0.1, 0.15) is 5.15 Å². The van der Waals surface area contributed by atoms with Gasteiger partial charge in [-0.3, -0.25) is 4.79 Å². The smallest absolute Gasteiger partial charge is 0.252 e. The molecule has 0 saturated carbocycles. The van der Waals surface area contributed by atoms with Crippen molar-refractivity contribution in [1.29, 1.82) is 0 Å². The van der Waals surface area contributed by atoms with E-state index < -0.39 is 0 Å². The molecule has 0 aromatic carbocycles. The third-order valence-corrected chi connectivity index (χ3v) is 4.38. The molecule has 3 nitrogen and oxygen atoms in total. The Hall–Kier alpha value is -0.450. The number of rotatable bonds is 3. The maximum absolute atomic E-state index is 11.9. The number of thioether (sulfide) groups is 1. The van der Waals surface area contributed by atoms with Crippen LogP contribution in [0, 0.1) is 5.92 Å². The van der Waals surface area contributed by atoms with E-state index in [0.29, 0.717) is 23.0 Å². The summed E-state index contributed by atoms with van der Waals surface area (Å²) in [6.07, 6.45) is 2.56. The minimum absolute atomic E-state index is 0.184. The van der Waals surface area contributed by atoms with Crippen molar-refractivity contribution in [2.75, 3.05) is 18.1 Å². The van der Waals surface area contributed by atoms with Gasteiger partial charge >= 0.3 is 0 Å². The Bertz CT molecular complexity index is 422. The van der Waals surface area contributed by atoms with Crippen LogP contribution in [0.4, 0.5) is 0 Å². The fourth-order valence-corrected chi connectivity index (χ4v) is 3.30. The van der Waals surface area contributed by atoms with E-state index in [9.17, 15) is 4.79 Å². The van der Waals surface area contributed by atoms with Crippen LogP contribution in [-0.4, -0.2) is 28.9 Å². The number of amides is 1. The molecule has 1 N–H and O–H groups in total. The Morgan fingerprint density at radius 1 is 1.59 bits per heavy atom. The lowest BCUT2D eigenvalue weighted by molar-refractivity contribution is 0.0948. The number of hydrogen-bond acceptors (Lipinski definition) is 3. The highest BCUT2D eigenvalue weighted by Gasteiger charge is 2.17. The summed E-state index contributed by atoms with van der Waals surface area (Å²) in [5, 5.41) is 3.49. The SMILES string of the molecule is O=C(NCC1CCSC1)c1cc(Cl)ncc1Cl. The predicted octanol–water partition coefficient (Wildman–Crippen LogP) is 2.87. The minimum atomic E-state index is -0.184. The van der Waals surface area contributed by atoms with Crippen LogP contribution in [0.25, 0.3) is 0 Å². The first-order valence-electron chi connectivity index (χ1n) is 5.34. The summed E-state index contributed by atoms with van der Waals surface area (Å²) in [5.41, 5.74) is 0.386. The highest BCUT2D eigenvalue weighted by atomic mass is 35.5. The zero-order chi connectivity index (χ0) is 12.3. The van der Waals surface area contributed by atoms with Crippen molar-refractivity contribution < 1.29 is 4.79 Å². The van der Waals surface area contributed by atoms with Gasteiger partial charge in [-0.05, 0) is 29.9 Å². The Morgan fingerprint density at radius 3 is 3.12 bits per heavy atom. The van der Waals surface area contributed by atoms with Crippen LogP contribution in [-0.2, 0) is 0 Å². The average Bonchev–Trinajstić information content (AvgIpc) is 2.82. The lowest BCUT2D eigenvalue weighted by Crippen LogP contribution is -2.29. The van der Waals surface area contributed by atoms with Crippen LogP contribution in [0.2, 0.25) is 10.2 Å². The molecule has 1 fully saturated rings. The van der Waals surface area contributed by atoms with Crippen LogP contribution in [0.15, 0.2) is 12.3 Å². The molecule has 1 aliphatic heterocycles. The maximum atomic E-state index is 11.9. The molecule has 2 heterocycles. The van der Waals surface area contributed by atoms with Gasteiger partial charge < -0.3 is 5.32 Å². The highest BCUT2D eigenvalue weighted by molar-refractivity contribution is 7.99. The summed E-state index contributed by atoms with van der Waals surface area (Å²) in [6.45, 7) is 0.697. The largest absolute Gasteiger partial charge is 0.352 e. The summed E-state index contributed by atoms with van der Waals surface area (Å²) in [7, 11) is 0. The number of aromatic nitrogens is 1. The summed E-state index contributed by atoms with van der Waals surface area (Å²) in [4.78, 5) is 15.7. The van der Waals surface area contributed by atoms with Gasteiger partial charge in [-0.25, -0.2) is 4.98 Å². The highest BCUT2D eigenvalue weighted by Crippen LogP contribution is 2.23. The average molecular weight is 291 g/mol. The van der Waals surface area contributed by atoms with E-state index in [-0.39, 0.29) is 11.1 Å². The first-order chi connectivity index (χ1) is 8.16. The molecule has 17 heavy (non-hydrogen) atoms. The fraction of sp³-hybridized carbons (Fsp3) is 0.455. The second-order valence-corrected chi connectivity index (χ2v) is 5.87. The van der Waals surface area contributed by atoms with Crippen molar-refractivity contribution in [1.82, 2.24) is 10.3 Å². The standard InChI is InChI=1S/C11H12Cl2N2OS/c12-9-5-14-10(13)3-8(9)11(16)15-4-7-1-2-17-6-7/h3,5,7H,1-2,4,6H2,(H,15,16). The van der Waals surface area contributed by atoms with Crippen molar-refractivity contribution in [3.8, 4) is 0 Å². The Kier molecular flexibility index (Phi) is 4.54. The van der Waals surface area contributed by atoms with Crippen LogP contribution in [0.1, 0.15) is 16.8 Å². The van der Waals surface area contributed by atoms with E-state index in [2.05, 4.69) is 10.3 Å². The molecule has 2 rings (SSSR count). The molecule has 0 bridgehead atoms. The molecular formula is C11H12Cl2N2OS. The van der Waals surface area contributed by atoms with Crippen molar-refractivity contribution in [3.63, 3.8) is 0 Å². The quantitative estimate of drug-likeness (QED) is 0.871. The number of nitrogens with one attached hydrogen (secondary N) is 1. The molecule has 92 valence electrons. The number of nitrogens with zero attached hydrogens (tertiary/aromatic N) is 1. The van der Waals surface area contributed by atoms with Gasteiger partial charge in [0.05, 0.1) is 10.6 Å².